The molecule has 7 nitrogen and oxygen atoms in total. The number of hydrogen-bond acceptors (Lipinski definition) is 6. The molecule has 156 valence electrons. The highest BCUT2D eigenvalue weighted by atomic mass is 32.2. The molecule has 29 heavy (non-hydrogen) atoms. The van der Waals surface area contributed by atoms with Gasteiger partial charge in [-0.1, -0.05) is 31.7 Å². The predicted molar refractivity (Wildman–Crippen MR) is 114 cm³/mol. The average Bonchev–Trinajstić information content (AvgIpc) is 2.72. The summed E-state index contributed by atoms with van der Waals surface area (Å²) in [5.74, 6) is 2.10. The molecule has 1 aliphatic heterocycles. The number of fused-ring (bicyclic) bond motifs is 1. The number of rotatable bonds is 8. The van der Waals surface area contributed by atoms with Gasteiger partial charge in [-0.3, -0.25) is 9.59 Å². The fraction of sp³-hybridized carbons (Fsp3) is 0.476. The third kappa shape index (κ3) is 4.42. The van der Waals surface area contributed by atoms with Gasteiger partial charge >= 0.3 is 0 Å². The Bertz CT molecular complexity index is 958. The van der Waals surface area contributed by atoms with Crippen LogP contribution < -0.4 is 20.3 Å². The molecule has 2 aromatic rings. The fourth-order valence-electron chi connectivity index (χ4n) is 3.37. The molecule has 0 bridgehead atoms. The number of nitrogens with zero attached hydrogens (tertiary/aromatic N) is 2. The summed E-state index contributed by atoms with van der Waals surface area (Å²) in [6, 6.07) is 5.57. The Labute approximate surface area is 174 Å². The second-order valence-electron chi connectivity index (χ2n) is 6.93. The van der Waals surface area contributed by atoms with E-state index in [4.69, 9.17) is 9.47 Å². The highest BCUT2D eigenvalue weighted by molar-refractivity contribution is 7.99. The number of hydrogen-bond donors (Lipinski definition) is 1. The molecule has 1 amide bonds. The van der Waals surface area contributed by atoms with Crippen molar-refractivity contribution in [2.45, 2.75) is 44.2 Å². The number of benzene rings is 1. The largest absolute Gasteiger partial charge is 0.493 e. The molecule has 1 atom stereocenters. The van der Waals surface area contributed by atoms with Crippen molar-refractivity contribution < 1.29 is 14.3 Å². The van der Waals surface area contributed by atoms with Gasteiger partial charge in [-0.2, -0.15) is 4.98 Å². The quantitative estimate of drug-likeness (QED) is 0.522. The summed E-state index contributed by atoms with van der Waals surface area (Å²) in [5.41, 5.74) is 1.04. The number of carbonyl (C=O) groups is 1. The molecule has 1 aromatic heterocycles. The van der Waals surface area contributed by atoms with Crippen molar-refractivity contribution in [2.75, 3.05) is 24.8 Å². The maximum atomic E-state index is 12.9. The van der Waals surface area contributed by atoms with Crippen molar-refractivity contribution in [3.8, 4) is 11.5 Å². The lowest BCUT2D eigenvalue weighted by Crippen LogP contribution is -2.33. The first-order chi connectivity index (χ1) is 14.0. The number of nitrogens with one attached hydrogen (secondary N) is 1. The van der Waals surface area contributed by atoms with Crippen LogP contribution in [0.15, 0.2) is 28.2 Å². The van der Waals surface area contributed by atoms with Gasteiger partial charge < -0.3 is 19.4 Å². The van der Waals surface area contributed by atoms with Gasteiger partial charge in [-0.05, 0) is 30.5 Å². The molecule has 1 aromatic carbocycles. The minimum Gasteiger partial charge on any atom is -0.493 e. The van der Waals surface area contributed by atoms with Crippen LogP contribution in [0, 0.1) is 0 Å². The van der Waals surface area contributed by atoms with Gasteiger partial charge in [0.05, 0.1) is 19.3 Å². The molecule has 0 unspecified atom stereocenters. The van der Waals surface area contributed by atoms with E-state index in [1.165, 1.54) is 11.8 Å². The van der Waals surface area contributed by atoms with E-state index in [2.05, 4.69) is 17.2 Å². The first kappa shape index (κ1) is 21.2. The molecule has 0 fully saturated rings. The molecule has 2 heterocycles. The second kappa shape index (κ2) is 9.35. The predicted octanol–water partition coefficient (Wildman–Crippen LogP) is 3.55. The average molecular weight is 418 g/mol. The van der Waals surface area contributed by atoms with Crippen LogP contribution in [0.1, 0.15) is 50.2 Å². The van der Waals surface area contributed by atoms with Crippen molar-refractivity contribution in [3.05, 3.63) is 39.7 Å². The van der Waals surface area contributed by atoms with Crippen LogP contribution in [0.4, 0.5) is 5.82 Å². The number of amides is 1. The Balaban J connectivity index is 2.06. The third-order valence-electron chi connectivity index (χ3n) is 4.79. The summed E-state index contributed by atoms with van der Waals surface area (Å²) >= 11 is 1.51. The maximum absolute atomic E-state index is 12.9. The summed E-state index contributed by atoms with van der Waals surface area (Å²) in [7, 11) is 3.41. The highest BCUT2D eigenvalue weighted by Gasteiger charge is 2.32. The van der Waals surface area contributed by atoms with Gasteiger partial charge in [-0.25, -0.2) is 0 Å². The SMILES string of the molecule is CCCOc1ccc([C@H]2CC(=O)Nc3c2c(=O)nc(SCCC)n3C)cc1OC. The van der Waals surface area contributed by atoms with Crippen LogP contribution in [-0.2, 0) is 11.8 Å². The fourth-order valence-corrected chi connectivity index (χ4v) is 4.19. The molecule has 8 heteroatoms. The minimum absolute atomic E-state index is 0.125. The lowest BCUT2D eigenvalue weighted by Gasteiger charge is -2.28. The number of anilines is 1. The van der Waals surface area contributed by atoms with Gasteiger partial charge in [-0.15, -0.1) is 0 Å². The van der Waals surface area contributed by atoms with Crippen LogP contribution in [0.25, 0.3) is 0 Å². The molecular weight excluding hydrogens is 390 g/mol. The molecule has 0 saturated carbocycles. The van der Waals surface area contributed by atoms with Gasteiger partial charge in [0, 0.05) is 25.1 Å². The maximum Gasteiger partial charge on any atom is 0.279 e. The highest BCUT2D eigenvalue weighted by Crippen LogP contribution is 2.39. The van der Waals surface area contributed by atoms with Crippen molar-refractivity contribution in [2.24, 2.45) is 7.05 Å². The monoisotopic (exact) mass is 417 g/mol. The summed E-state index contributed by atoms with van der Waals surface area (Å²) in [5, 5.41) is 3.48. The van der Waals surface area contributed by atoms with Crippen molar-refractivity contribution in [1.29, 1.82) is 0 Å². The molecule has 1 aliphatic rings. The van der Waals surface area contributed by atoms with Crippen LogP contribution in [-0.4, -0.2) is 34.9 Å². The molecule has 0 aliphatic carbocycles. The molecule has 0 saturated heterocycles. The van der Waals surface area contributed by atoms with E-state index in [9.17, 15) is 9.59 Å². The molecule has 0 spiro atoms. The summed E-state index contributed by atoms with van der Waals surface area (Å²) in [4.78, 5) is 29.6. The zero-order chi connectivity index (χ0) is 21.0. The van der Waals surface area contributed by atoms with Crippen molar-refractivity contribution in [3.63, 3.8) is 0 Å². The van der Waals surface area contributed by atoms with Crippen LogP contribution >= 0.6 is 11.8 Å². The van der Waals surface area contributed by atoms with E-state index in [0.717, 1.165) is 24.2 Å². The number of ether oxygens (including phenoxy) is 2. The lowest BCUT2D eigenvalue weighted by atomic mass is 9.86. The van der Waals surface area contributed by atoms with E-state index in [1.54, 1.807) is 11.7 Å². The number of carbonyl (C=O) groups excluding carboxylic acids is 1. The van der Waals surface area contributed by atoms with Crippen LogP contribution in [0.2, 0.25) is 0 Å². The number of thioether (sulfide) groups is 1. The standard InChI is InChI=1S/C21H27N3O4S/c1-5-9-28-15-8-7-13(11-16(15)27-4)14-12-17(25)22-19-18(14)20(26)23-21(24(19)3)29-10-6-2/h7-8,11,14H,5-6,9-10,12H2,1-4H3,(H,22,25)/t14-/m1/s1. The molecule has 1 N–H and O–H groups in total. The topological polar surface area (TPSA) is 82.5 Å². The zero-order valence-corrected chi connectivity index (χ0v) is 18.1. The summed E-state index contributed by atoms with van der Waals surface area (Å²) in [6.45, 7) is 4.70. The Morgan fingerprint density at radius 1 is 1.24 bits per heavy atom. The van der Waals surface area contributed by atoms with Crippen LogP contribution in [0.5, 0.6) is 11.5 Å². The minimum atomic E-state index is -0.385. The Morgan fingerprint density at radius 2 is 2.03 bits per heavy atom. The number of aromatic nitrogens is 2. The molecule has 0 radical (unpaired) electrons. The van der Waals surface area contributed by atoms with E-state index in [0.29, 0.717) is 34.6 Å². The van der Waals surface area contributed by atoms with Crippen molar-refractivity contribution in [1.82, 2.24) is 9.55 Å². The molecular formula is C21H27N3O4S. The van der Waals surface area contributed by atoms with Gasteiger partial charge in [0.2, 0.25) is 5.91 Å². The van der Waals surface area contributed by atoms with Gasteiger partial charge in [0.15, 0.2) is 16.7 Å². The smallest absolute Gasteiger partial charge is 0.279 e. The lowest BCUT2D eigenvalue weighted by molar-refractivity contribution is -0.116. The first-order valence-corrected chi connectivity index (χ1v) is 10.8. The molecule has 3 rings (SSSR count). The Kier molecular flexibility index (Phi) is 6.84. The third-order valence-corrected chi connectivity index (χ3v) is 6.02. The van der Waals surface area contributed by atoms with Crippen LogP contribution in [0.3, 0.4) is 0 Å². The normalized spacial score (nSPS) is 15.6. The van der Waals surface area contributed by atoms with E-state index >= 15 is 0 Å². The van der Waals surface area contributed by atoms with E-state index < -0.39 is 0 Å². The van der Waals surface area contributed by atoms with E-state index in [1.807, 2.05) is 32.2 Å². The van der Waals surface area contributed by atoms with Crippen molar-refractivity contribution >= 4 is 23.5 Å². The Morgan fingerprint density at radius 3 is 2.72 bits per heavy atom. The van der Waals surface area contributed by atoms with Gasteiger partial charge in [0.1, 0.15) is 5.82 Å². The van der Waals surface area contributed by atoms with Gasteiger partial charge in [0.25, 0.3) is 5.56 Å². The Hall–Kier alpha value is -2.48. The number of methoxy groups -OCH3 is 1. The second-order valence-corrected chi connectivity index (χ2v) is 8.00. The zero-order valence-electron chi connectivity index (χ0n) is 17.3. The summed E-state index contributed by atoms with van der Waals surface area (Å²) in [6.07, 6.45) is 2.05. The summed E-state index contributed by atoms with van der Waals surface area (Å²) < 4.78 is 13.0. The van der Waals surface area contributed by atoms with E-state index in [-0.39, 0.29) is 23.8 Å². The first-order valence-electron chi connectivity index (χ1n) is 9.84.